The number of hydrogen-bond acceptors (Lipinski definition) is 5. The van der Waals surface area contributed by atoms with Gasteiger partial charge in [-0.05, 0) is 0 Å². The van der Waals surface area contributed by atoms with E-state index in [0.717, 1.165) is 0 Å². The molecule has 1 rings (SSSR count). The molecule has 0 aliphatic rings. The van der Waals surface area contributed by atoms with Crippen LogP contribution in [0.3, 0.4) is 0 Å². The Labute approximate surface area is 62.0 Å². The summed E-state index contributed by atoms with van der Waals surface area (Å²) < 4.78 is 4.50. The molecule has 58 valence electrons. The second-order valence-electron chi connectivity index (χ2n) is 1.52. The van der Waals surface area contributed by atoms with E-state index in [-0.39, 0.29) is 11.9 Å². The van der Waals surface area contributed by atoms with Crippen LogP contribution in [0.4, 0.5) is 0 Å². The average Bonchev–Trinajstić information content (AvgIpc) is 2.38. The molecular weight excluding hydrogens is 150 g/mol. The lowest BCUT2D eigenvalue weighted by Gasteiger charge is -1.77. The Morgan fingerprint density at radius 2 is 2.18 bits per heavy atom. The molecule has 0 radical (unpaired) electrons. The van der Waals surface area contributed by atoms with Crippen molar-refractivity contribution in [2.45, 2.75) is 6.92 Å². The molecule has 0 bridgehead atoms. The van der Waals surface area contributed by atoms with Crippen molar-refractivity contribution in [2.75, 3.05) is 0 Å². The second kappa shape index (κ2) is 5.08. The summed E-state index contributed by atoms with van der Waals surface area (Å²) in [7, 11) is 0. The third-order valence-electron chi connectivity index (χ3n) is 0.785. The summed E-state index contributed by atoms with van der Waals surface area (Å²) >= 11 is 0. The van der Waals surface area contributed by atoms with Gasteiger partial charge in [0.05, 0.1) is 6.20 Å². The van der Waals surface area contributed by atoms with Crippen LogP contribution in [0.1, 0.15) is 17.5 Å². The van der Waals surface area contributed by atoms with Crippen LogP contribution in [0.5, 0.6) is 0 Å². The summed E-state index contributed by atoms with van der Waals surface area (Å²) in [4.78, 5) is 26.6. The van der Waals surface area contributed by atoms with E-state index < -0.39 is 0 Å². The van der Waals surface area contributed by atoms with Crippen molar-refractivity contribution in [3.05, 3.63) is 18.0 Å². The Balaban J connectivity index is 0.000000292. The lowest BCUT2D eigenvalue weighted by Crippen LogP contribution is -1.85. The molecule has 0 amide bonds. The quantitative estimate of drug-likeness (QED) is 0.545. The highest BCUT2D eigenvalue weighted by Gasteiger charge is 1.99. The minimum absolute atomic E-state index is 0.0949. The van der Waals surface area contributed by atoms with Crippen molar-refractivity contribution in [3.63, 3.8) is 0 Å². The largest absolute Gasteiger partial charge is 0.373 e. The molecule has 5 nitrogen and oxygen atoms in total. The summed E-state index contributed by atoms with van der Waals surface area (Å²) in [6, 6.07) is 1.53. The van der Waals surface area contributed by atoms with Crippen LogP contribution in [-0.4, -0.2) is 17.1 Å². The number of Topliss-reactive ketones (excluding diaryl/α,β-unsaturated/α-hetero) is 1. The summed E-state index contributed by atoms with van der Waals surface area (Å²) in [6.45, 7) is 1.43. The minimum Gasteiger partial charge on any atom is -0.353 e. The summed E-state index contributed by atoms with van der Waals surface area (Å²) in [6.07, 6.45) is 1.69. The van der Waals surface area contributed by atoms with Crippen molar-refractivity contribution in [1.29, 1.82) is 0 Å². The molecular formula is C6H5NO4. The first-order valence-electron chi connectivity index (χ1n) is 2.63. The first-order chi connectivity index (χ1) is 5.22. The second-order valence-corrected chi connectivity index (χ2v) is 1.52. The summed E-state index contributed by atoms with van der Waals surface area (Å²) in [5.74, 6) is 0.215. The SMILES string of the molecule is CC(=O)c1ccno1.O=C=O. The van der Waals surface area contributed by atoms with E-state index in [0.29, 0.717) is 5.76 Å². The Hall–Kier alpha value is -1.74. The molecule has 0 spiro atoms. The van der Waals surface area contributed by atoms with Crippen molar-refractivity contribution in [3.8, 4) is 0 Å². The van der Waals surface area contributed by atoms with Crippen LogP contribution in [0, 0.1) is 0 Å². The van der Waals surface area contributed by atoms with Crippen molar-refractivity contribution >= 4 is 11.9 Å². The Bertz CT molecular complexity index is 246. The van der Waals surface area contributed by atoms with Crippen LogP contribution < -0.4 is 0 Å². The maximum atomic E-state index is 10.4. The number of nitrogens with zero attached hydrogens (tertiary/aromatic N) is 1. The van der Waals surface area contributed by atoms with Crippen LogP contribution in [0.25, 0.3) is 0 Å². The highest BCUT2D eigenvalue weighted by atomic mass is 16.5. The molecule has 1 heterocycles. The van der Waals surface area contributed by atoms with Crippen LogP contribution in [0.2, 0.25) is 0 Å². The Kier molecular flexibility index (Phi) is 4.27. The molecule has 0 aromatic carbocycles. The predicted octanol–water partition coefficient (Wildman–Crippen LogP) is 0.294. The van der Waals surface area contributed by atoms with E-state index in [2.05, 4.69) is 9.68 Å². The fourth-order valence-electron chi connectivity index (χ4n) is 0.397. The van der Waals surface area contributed by atoms with E-state index in [4.69, 9.17) is 9.59 Å². The van der Waals surface area contributed by atoms with Crippen molar-refractivity contribution in [1.82, 2.24) is 5.16 Å². The zero-order valence-electron chi connectivity index (χ0n) is 5.73. The lowest BCUT2D eigenvalue weighted by molar-refractivity contribution is -0.191. The smallest absolute Gasteiger partial charge is 0.353 e. The molecule has 0 fully saturated rings. The number of rotatable bonds is 1. The fraction of sp³-hybridized carbons (Fsp3) is 0.167. The van der Waals surface area contributed by atoms with E-state index in [1.165, 1.54) is 19.2 Å². The molecule has 0 atom stereocenters. The van der Waals surface area contributed by atoms with Gasteiger partial charge in [0.2, 0.25) is 5.76 Å². The molecule has 1 aromatic heterocycles. The zero-order chi connectivity index (χ0) is 8.69. The predicted molar refractivity (Wildman–Crippen MR) is 31.5 cm³/mol. The van der Waals surface area contributed by atoms with Gasteiger partial charge in [-0.1, -0.05) is 5.16 Å². The molecule has 0 saturated heterocycles. The van der Waals surface area contributed by atoms with Crippen molar-refractivity contribution in [2.24, 2.45) is 0 Å². The third kappa shape index (κ3) is 3.77. The number of ketones is 1. The van der Waals surface area contributed by atoms with E-state index in [9.17, 15) is 4.79 Å². The third-order valence-corrected chi connectivity index (χ3v) is 0.785. The van der Waals surface area contributed by atoms with Gasteiger partial charge in [0.25, 0.3) is 0 Å². The molecule has 1 aromatic rings. The average molecular weight is 155 g/mol. The Morgan fingerprint density at radius 3 is 2.36 bits per heavy atom. The van der Waals surface area contributed by atoms with Gasteiger partial charge < -0.3 is 4.52 Å². The van der Waals surface area contributed by atoms with Gasteiger partial charge in [-0.3, -0.25) is 4.79 Å². The van der Waals surface area contributed by atoms with Gasteiger partial charge in [0.1, 0.15) is 0 Å². The molecule has 0 aliphatic carbocycles. The molecule has 11 heavy (non-hydrogen) atoms. The topological polar surface area (TPSA) is 77.2 Å². The van der Waals surface area contributed by atoms with Gasteiger partial charge in [-0.15, -0.1) is 0 Å². The van der Waals surface area contributed by atoms with E-state index in [1.54, 1.807) is 0 Å². The highest BCUT2D eigenvalue weighted by molar-refractivity contribution is 5.90. The molecule has 0 N–H and O–H groups in total. The summed E-state index contributed by atoms with van der Waals surface area (Å²) in [5, 5.41) is 3.35. The lowest BCUT2D eigenvalue weighted by atomic mass is 10.3. The normalized spacial score (nSPS) is 7.36. The maximum absolute atomic E-state index is 10.4. The highest BCUT2D eigenvalue weighted by Crippen LogP contribution is 1.95. The van der Waals surface area contributed by atoms with Gasteiger partial charge in [-0.2, -0.15) is 9.59 Å². The molecule has 0 saturated carbocycles. The number of hydrogen-bond donors (Lipinski definition) is 0. The molecule has 0 unspecified atom stereocenters. The molecule has 0 aliphatic heterocycles. The van der Waals surface area contributed by atoms with Crippen LogP contribution >= 0.6 is 0 Å². The Morgan fingerprint density at radius 1 is 1.64 bits per heavy atom. The van der Waals surface area contributed by atoms with Gasteiger partial charge in [0.15, 0.2) is 5.78 Å². The van der Waals surface area contributed by atoms with E-state index in [1.807, 2.05) is 0 Å². The van der Waals surface area contributed by atoms with E-state index >= 15 is 0 Å². The first-order valence-corrected chi connectivity index (χ1v) is 2.63. The number of carbonyl (C=O) groups is 1. The monoisotopic (exact) mass is 155 g/mol. The fourth-order valence-corrected chi connectivity index (χ4v) is 0.397. The number of carbonyl (C=O) groups excluding carboxylic acids is 3. The number of aromatic nitrogens is 1. The zero-order valence-corrected chi connectivity index (χ0v) is 5.73. The van der Waals surface area contributed by atoms with Crippen LogP contribution in [-0.2, 0) is 9.59 Å². The standard InChI is InChI=1S/C5H5NO2.CO2/c1-4(7)5-2-3-6-8-5;2-1-3/h2-3H,1H3;. The van der Waals surface area contributed by atoms with Crippen LogP contribution in [0.15, 0.2) is 16.8 Å². The first kappa shape index (κ1) is 9.26. The minimum atomic E-state index is -0.0949. The maximum Gasteiger partial charge on any atom is 0.373 e. The van der Waals surface area contributed by atoms with Gasteiger partial charge >= 0.3 is 6.15 Å². The van der Waals surface area contributed by atoms with Gasteiger partial charge in [-0.25, -0.2) is 0 Å². The van der Waals surface area contributed by atoms with Gasteiger partial charge in [0, 0.05) is 13.0 Å². The molecule has 5 heteroatoms. The summed E-state index contributed by atoms with van der Waals surface area (Å²) in [5.41, 5.74) is 0. The van der Waals surface area contributed by atoms with Crippen molar-refractivity contribution < 1.29 is 18.9 Å².